The first-order valence-corrected chi connectivity index (χ1v) is 10.4. The van der Waals surface area contributed by atoms with Crippen molar-refractivity contribution in [1.82, 2.24) is 20.4 Å². The minimum atomic E-state index is -0.466. The predicted octanol–water partition coefficient (Wildman–Crippen LogP) is 3.38. The van der Waals surface area contributed by atoms with Gasteiger partial charge in [0.2, 0.25) is 0 Å². The molecule has 1 heterocycles. The average molecular weight is 474 g/mol. The molecule has 0 unspecified atom stereocenters. The molecule has 2 aromatic carbocycles. The Kier molecular flexibility index (Phi) is 8.09. The van der Waals surface area contributed by atoms with Crippen molar-refractivity contribution in [2.24, 2.45) is 0 Å². The molecule has 0 bridgehead atoms. The zero-order valence-electron chi connectivity index (χ0n) is 18.4. The highest BCUT2D eigenvalue weighted by atomic mass is 35.5. The molecule has 0 spiro atoms. The lowest BCUT2D eigenvalue weighted by atomic mass is 10.2. The van der Waals surface area contributed by atoms with Crippen molar-refractivity contribution in [3.63, 3.8) is 0 Å². The van der Waals surface area contributed by atoms with E-state index in [-0.39, 0.29) is 18.5 Å². The minimum absolute atomic E-state index is 0.134. The molecule has 0 saturated carbocycles. The number of ether oxygens (including phenoxy) is 2. The number of nitrogens with one attached hydrogen (secondary N) is 2. The van der Waals surface area contributed by atoms with Gasteiger partial charge in [-0.25, -0.2) is 4.79 Å². The second-order valence-corrected chi connectivity index (χ2v) is 7.38. The SMILES string of the molecule is COc1cc(OC)c(NC(=O)N(C)CCc2noc(C(=O)NCc3ccccc3)n2)cc1Cl. The normalized spacial score (nSPS) is 10.4. The van der Waals surface area contributed by atoms with Gasteiger partial charge in [0, 0.05) is 32.6 Å². The van der Waals surface area contributed by atoms with Gasteiger partial charge in [-0.15, -0.1) is 0 Å². The number of methoxy groups -OCH3 is 2. The summed E-state index contributed by atoms with van der Waals surface area (Å²) in [5.74, 6) is 0.547. The maximum absolute atomic E-state index is 12.6. The van der Waals surface area contributed by atoms with Crippen molar-refractivity contribution in [1.29, 1.82) is 0 Å². The Morgan fingerprint density at radius 3 is 2.55 bits per heavy atom. The summed E-state index contributed by atoms with van der Waals surface area (Å²) in [7, 11) is 4.58. The van der Waals surface area contributed by atoms with Crippen LogP contribution < -0.4 is 20.1 Å². The van der Waals surface area contributed by atoms with Crippen LogP contribution in [-0.2, 0) is 13.0 Å². The highest BCUT2D eigenvalue weighted by Gasteiger charge is 2.18. The first-order valence-electron chi connectivity index (χ1n) is 9.99. The van der Waals surface area contributed by atoms with Gasteiger partial charge in [-0.05, 0) is 11.6 Å². The molecule has 0 aliphatic carbocycles. The predicted molar refractivity (Wildman–Crippen MR) is 122 cm³/mol. The highest BCUT2D eigenvalue weighted by Crippen LogP contribution is 2.35. The molecule has 2 N–H and O–H groups in total. The molecule has 0 aliphatic rings. The van der Waals surface area contributed by atoms with E-state index in [1.165, 1.54) is 19.1 Å². The molecule has 0 radical (unpaired) electrons. The molecule has 3 rings (SSSR count). The first kappa shape index (κ1) is 23.9. The molecule has 0 aliphatic heterocycles. The third kappa shape index (κ3) is 6.36. The summed E-state index contributed by atoms with van der Waals surface area (Å²) in [4.78, 5) is 30.3. The Labute approximate surface area is 195 Å². The molecule has 3 aromatic rings. The quantitative estimate of drug-likeness (QED) is 0.489. The topological polar surface area (TPSA) is 119 Å². The van der Waals surface area contributed by atoms with Gasteiger partial charge in [0.15, 0.2) is 5.82 Å². The van der Waals surface area contributed by atoms with E-state index in [0.717, 1.165) is 5.56 Å². The fourth-order valence-corrected chi connectivity index (χ4v) is 3.08. The standard InChI is InChI=1S/C22H24ClN5O5/c1-28(22(30)25-16-11-15(23)17(31-2)12-18(16)32-3)10-9-19-26-21(33-27-19)20(29)24-13-14-7-5-4-6-8-14/h4-8,11-12H,9-10,13H2,1-3H3,(H,24,29)(H,25,30). The number of urea groups is 1. The number of likely N-dealkylation sites (N-methyl/N-ethyl adjacent to an activating group) is 1. The van der Waals surface area contributed by atoms with E-state index in [9.17, 15) is 9.59 Å². The number of nitrogens with zero attached hydrogens (tertiary/aromatic N) is 3. The molecule has 11 heteroatoms. The number of rotatable bonds is 9. The number of carbonyl (C=O) groups excluding carboxylic acids is 2. The fraction of sp³-hybridized carbons (Fsp3) is 0.273. The van der Waals surface area contributed by atoms with E-state index in [2.05, 4.69) is 20.8 Å². The Bertz CT molecular complexity index is 1110. The highest BCUT2D eigenvalue weighted by molar-refractivity contribution is 6.32. The van der Waals surface area contributed by atoms with Crippen LogP contribution in [0.15, 0.2) is 47.0 Å². The number of benzene rings is 2. The zero-order chi connectivity index (χ0) is 23.8. The molecular weight excluding hydrogens is 450 g/mol. The number of anilines is 1. The van der Waals surface area contributed by atoms with Gasteiger partial charge in [-0.1, -0.05) is 47.1 Å². The molecule has 0 fully saturated rings. The Balaban J connectivity index is 1.52. The maximum atomic E-state index is 12.6. The van der Waals surface area contributed by atoms with E-state index in [1.54, 1.807) is 19.2 Å². The summed E-state index contributed by atoms with van der Waals surface area (Å²) in [5, 5.41) is 9.60. The summed E-state index contributed by atoms with van der Waals surface area (Å²) in [6, 6.07) is 12.2. The number of hydrogen-bond acceptors (Lipinski definition) is 7. The molecule has 33 heavy (non-hydrogen) atoms. The van der Waals surface area contributed by atoms with E-state index >= 15 is 0 Å². The summed E-state index contributed by atoms with van der Waals surface area (Å²) in [6.07, 6.45) is 0.292. The molecular formula is C22H24ClN5O5. The first-order chi connectivity index (χ1) is 15.9. The van der Waals surface area contributed by atoms with Gasteiger partial charge in [0.25, 0.3) is 0 Å². The van der Waals surface area contributed by atoms with Crippen LogP contribution in [0.5, 0.6) is 11.5 Å². The van der Waals surface area contributed by atoms with Crippen LogP contribution in [0.4, 0.5) is 10.5 Å². The van der Waals surface area contributed by atoms with Crippen molar-refractivity contribution in [3.05, 3.63) is 64.8 Å². The summed E-state index contributed by atoms with van der Waals surface area (Å²) in [5.41, 5.74) is 1.35. The van der Waals surface area contributed by atoms with Crippen molar-refractivity contribution in [2.75, 3.05) is 33.1 Å². The number of carbonyl (C=O) groups is 2. The number of amides is 3. The second-order valence-electron chi connectivity index (χ2n) is 6.97. The zero-order valence-corrected chi connectivity index (χ0v) is 19.2. The van der Waals surface area contributed by atoms with Gasteiger partial charge in [0.05, 0.1) is 24.9 Å². The largest absolute Gasteiger partial charge is 0.495 e. The molecule has 0 saturated heterocycles. The van der Waals surface area contributed by atoms with Crippen LogP contribution >= 0.6 is 11.6 Å². The van der Waals surface area contributed by atoms with Crippen molar-refractivity contribution >= 4 is 29.2 Å². The van der Waals surface area contributed by atoms with Crippen molar-refractivity contribution < 1.29 is 23.6 Å². The van der Waals surface area contributed by atoms with Crippen LogP contribution in [0.2, 0.25) is 5.02 Å². The Hall–Kier alpha value is -3.79. The van der Waals surface area contributed by atoms with Gasteiger partial charge in [-0.3, -0.25) is 4.79 Å². The van der Waals surface area contributed by atoms with Gasteiger partial charge < -0.3 is 29.5 Å². The van der Waals surface area contributed by atoms with Gasteiger partial charge in [-0.2, -0.15) is 4.98 Å². The second kappa shape index (κ2) is 11.2. The molecule has 0 atom stereocenters. The average Bonchev–Trinajstić information content (AvgIpc) is 3.31. The lowest BCUT2D eigenvalue weighted by Crippen LogP contribution is -2.33. The third-order valence-corrected chi connectivity index (χ3v) is 4.99. The number of hydrogen-bond donors (Lipinski definition) is 2. The molecule has 3 amide bonds. The summed E-state index contributed by atoms with van der Waals surface area (Å²) < 4.78 is 15.5. The fourth-order valence-electron chi connectivity index (χ4n) is 2.84. The number of aromatic nitrogens is 2. The van der Waals surface area contributed by atoms with Crippen molar-refractivity contribution in [2.45, 2.75) is 13.0 Å². The van der Waals surface area contributed by atoms with Crippen molar-refractivity contribution in [3.8, 4) is 11.5 Å². The third-order valence-electron chi connectivity index (χ3n) is 4.69. The van der Waals surface area contributed by atoms with Crippen LogP contribution in [0, 0.1) is 0 Å². The summed E-state index contributed by atoms with van der Waals surface area (Å²) in [6.45, 7) is 0.627. The molecule has 10 nitrogen and oxygen atoms in total. The van der Waals surface area contributed by atoms with Gasteiger partial charge in [0.1, 0.15) is 11.5 Å². The minimum Gasteiger partial charge on any atom is -0.495 e. The Morgan fingerprint density at radius 2 is 1.85 bits per heavy atom. The lowest BCUT2D eigenvalue weighted by molar-refractivity contribution is 0.0907. The van der Waals surface area contributed by atoms with E-state index in [1.807, 2.05) is 30.3 Å². The smallest absolute Gasteiger partial charge is 0.321 e. The van der Waals surface area contributed by atoms with E-state index < -0.39 is 5.91 Å². The molecule has 1 aromatic heterocycles. The monoisotopic (exact) mass is 473 g/mol. The number of halogens is 1. The summed E-state index contributed by atoms with van der Waals surface area (Å²) >= 11 is 6.14. The maximum Gasteiger partial charge on any atom is 0.321 e. The van der Waals surface area contributed by atoms with Crippen LogP contribution in [0.3, 0.4) is 0 Å². The van der Waals surface area contributed by atoms with E-state index in [0.29, 0.717) is 41.0 Å². The van der Waals surface area contributed by atoms with Crippen LogP contribution in [0.25, 0.3) is 0 Å². The molecule has 174 valence electrons. The van der Waals surface area contributed by atoms with E-state index in [4.69, 9.17) is 25.6 Å². The van der Waals surface area contributed by atoms with Crippen LogP contribution in [-0.4, -0.2) is 54.8 Å². The van der Waals surface area contributed by atoms with Gasteiger partial charge >= 0.3 is 17.8 Å². The van der Waals surface area contributed by atoms with Crippen LogP contribution in [0.1, 0.15) is 22.1 Å². The lowest BCUT2D eigenvalue weighted by Gasteiger charge is -2.19. The Morgan fingerprint density at radius 1 is 1.12 bits per heavy atom.